The monoisotopic (exact) mass is 439 g/mol. The predicted octanol–water partition coefficient (Wildman–Crippen LogP) is 1.73. The maximum absolute atomic E-state index is 13.2. The second kappa shape index (κ2) is 8.67. The predicted molar refractivity (Wildman–Crippen MR) is 92.7 cm³/mol. The number of nitrogens with zero attached hydrogens (tertiary/aromatic N) is 1. The summed E-state index contributed by atoms with van der Waals surface area (Å²) in [6, 6.07) is 1.24. The molecule has 0 aromatic heterocycles. The first-order valence-electron chi connectivity index (χ1n) is 8.52. The molecule has 1 saturated heterocycles. The summed E-state index contributed by atoms with van der Waals surface area (Å²) >= 11 is 0. The van der Waals surface area contributed by atoms with Crippen LogP contribution in [0.1, 0.15) is 40.0 Å². The van der Waals surface area contributed by atoms with E-state index in [9.17, 15) is 36.3 Å². The smallest absolute Gasteiger partial charge is 0.415 e. The van der Waals surface area contributed by atoms with E-state index in [4.69, 9.17) is 0 Å². The summed E-state index contributed by atoms with van der Waals surface area (Å²) in [6.07, 6.45) is -7.60. The Bertz CT molecular complexity index is 886. The van der Waals surface area contributed by atoms with Crippen molar-refractivity contribution in [2.45, 2.75) is 42.5 Å². The summed E-state index contributed by atoms with van der Waals surface area (Å²) in [4.78, 5) is 23.1. The molecule has 1 N–H and O–H groups in total. The fraction of sp³-hybridized carbons (Fsp3) is 0.529. The van der Waals surface area contributed by atoms with E-state index < -0.39 is 50.7 Å². The number of aliphatic hydroxyl groups is 1. The van der Waals surface area contributed by atoms with Crippen molar-refractivity contribution in [1.82, 2.24) is 4.31 Å². The van der Waals surface area contributed by atoms with Crippen molar-refractivity contribution in [3.8, 4) is 0 Å². The Balaban J connectivity index is 2.62. The number of carbonyl (C=O) groups excluding carboxylic acids is 2. The number of piperidine rings is 1. The molecule has 0 amide bonds. The first-order chi connectivity index (χ1) is 13.4. The van der Waals surface area contributed by atoms with Crippen molar-refractivity contribution < 1.29 is 45.8 Å². The maximum Gasteiger partial charge on any atom is 0.415 e. The van der Waals surface area contributed by atoms with Gasteiger partial charge in [0.2, 0.25) is 10.0 Å². The van der Waals surface area contributed by atoms with Crippen molar-refractivity contribution in [3.05, 3.63) is 29.3 Å². The standard InChI is InChI=1S/C17H20F3NO7S/c1-27-15(23)10-6-7-11(16(24)28-2)13(9-10)29(25,26)21-8-4-3-5-12(21)14(22)17(18,19)20/h6-7,9,12,14,22H,3-5,8H2,1-2H3/t12-,14+/m1/s1. The van der Waals surface area contributed by atoms with Gasteiger partial charge >= 0.3 is 18.1 Å². The summed E-state index contributed by atoms with van der Waals surface area (Å²) < 4.78 is 75.2. The third-order valence-corrected chi connectivity index (χ3v) is 6.56. The number of hydrogen-bond acceptors (Lipinski definition) is 7. The van der Waals surface area contributed by atoms with Gasteiger partial charge in [0.05, 0.1) is 36.3 Å². The first-order valence-corrected chi connectivity index (χ1v) is 9.96. The van der Waals surface area contributed by atoms with Crippen LogP contribution in [0.5, 0.6) is 0 Å². The van der Waals surface area contributed by atoms with Gasteiger partial charge in [-0.3, -0.25) is 0 Å². The summed E-state index contributed by atoms with van der Waals surface area (Å²) in [6.45, 7) is -0.288. The topological polar surface area (TPSA) is 110 Å². The highest BCUT2D eigenvalue weighted by Gasteiger charge is 2.49. The molecule has 0 unspecified atom stereocenters. The molecule has 2 atom stereocenters. The Kier molecular flexibility index (Phi) is 6.91. The lowest BCUT2D eigenvalue weighted by Gasteiger charge is -2.38. The van der Waals surface area contributed by atoms with Crippen LogP contribution in [-0.4, -0.2) is 68.9 Å². The lowest BCUT2D eigenvalue weighted by molar-refractivity contribution is -0.219. The molecule has 0 saturated carbocycles. The number of halogens is 3. The summed E-state index contributed by atoms with van der Waals surface area (Å²) in [7, 11) is -2.64. The second-order valence-corrected chi connectivity index (χ2v) is 8.22. The molecular formula is C17H20F3NO7S. The Hall–Kier alpha value is -2.18. The average molecular weight is 439 g/mol. The number of aliphatic hydroxyl groups excluding tert-OH is 1. The normalized spacial score (nSPS) is 19.4. The third kappa shape index (κ3) is 4.70. The SMILES string of the molecule is COC(=O)c1ccc(C(=O)OC)c(S(=O)(=O)N2CCCC[C@@H]2[C@H](O)C(F)(F)F)c1. The van der Waals surface area contributed by atoms with Crippen LogP contribution in [0.25, 0.3) is 0 Å². The molecular weight excluding hydrogens is 419 g/mol. The van der Waals surface area contributed by atoms with E-state index in [0.29, 0.717) is 4.31 Å². The van der Waals surface area contributed by atoms with Gasteiger partial charge in [-0.1, -0.05) is 6.42 Å². The number of hydrogen-bond donors (Lipinski definition) is 1. The minimum Gasteiger partial charge on any atom is -0.465 e. The largest absolute Gasteiger partial charge is 0.465 e. The molecule has 162 valence electrons. The third-order valence-electron chi connectivity index (χ3n) is 4.59. The van der Waals surface area contributed by atoms with Gasteiger partial charge in [-0.05, 0) is 31.0 Å². The van der Waals surface area contributed by atoms with E-state index >= 15 is 0 Å². The Morgan fingerprint density at radius 3 is 2.34 bits per heavy atom. The first kappa shape index (κ1) is 23.1. The lowest BCUT2D eigenvalue weighted by atomic mass is 9.99. The Morgan fingerprint density at radius 2 is 1.79 bits per heavy atom. The van der Waals surface area contributed by atoms with Crippen LogP contribution in [0.2, 0.25) is 0 Å². The molecule has 0 aliphatic carbocycles. The molecule has 0 radical (unpaired) electrons. The fourth-order valence-corrected chi connectivity index (χ4v) is 5.05. The van der Waals surface area contributed by atoms with E-state index in [1.54, 1.807) is 0 Å². The zero-order valence-electron chi connectivity index (χ0n) is 15.6. The molecule has 0 spiro atoms. The van der Waals surface area contributed by atoms with Crippen LogP contribution in [0.3, 0.4) is 0 Å². The zero-order chi connectivity index (χ0) is 22.0. The molecule has 12 heteroatoms. The number of sulfonamides is 1. The quantitative estimate of drug-likeness (QED) is 0.696. The molecule has 1 aliphatic heterocycles. The van der Waals surface area contributed by atoms with Crippen molar-refractivity contribution in [1.29, 1.82) is 0 Å². The molecule has 1 aromatic rings. The van der Waals surface area contributed by atoms with E-state index in [2.05, 4.69) is 9.47 Å². The van der Waals surface area contributed by atoms with Crippen LogP contribution >= 0.6 is 0 Å². The van der Waals surface area contributed by atoms with Gasteiger partial charge in [0.1, 0.15) is 0 Å². The molecule has 1 aromatic carbocycles. The van der Waals surface area contributed by atoms with E-state index in [-0.39, 0.29) is 31.4 Å². The van der Waals surface area contributed by atoms with Crippen molar-refractivity contribution in [3.63, 3.8) is 0 Å². The second-order valence-electron chi connectivity index (χ2n) is 6.36. The van der Waals surface area contributed by atoms with E-state index in [0.717, 1.165) is 32.4 Å². The lowest BCUT2D eigenvalue weighted by Crippen LogP contribution is -2.54. The highest BCUT2D eigenvalue weighted by molar-refractivity contribution is 7.89. The highest BCUT2D eigenvalue weighted by atomic mass is 32.2. The van der Waals surface area contributed by atoms with Gasteiger partial charge in [0, 0.05) is 6.54 Å². The molecule has 29 heavy (non-hydrogen) atoms. The Morgan fingerprint density at radius 1 is 1.17 bits per heavy atom. The molecule has 1 fully saturated rings. The highest BCUT2D eigenvalue weighted by Crippen LogP contribution is 2.34. The molecule has 0 bridgehead atoms. The Labute approximate surface area is 165 Å². The minimum atomic E-state index is -5.03. The number of methoxy groups -OCH3 is 2. The number of rotatable bonds is 5. The zero-order valence-corrected chi connectivity index (χ0v) is 16.4. The van der Waals surface area contributed by atoms with E-state index in [1.165, 1.54) is 0 Å². The van der Waals surface area contributed by atoms with Gasteiger partial charge in [-0.25, -0.2) is 18.0 Å². The van der Waals surface area contributed by atoms with Gasteiger partial charge < -0.3 is 14.6 Å². The van der Waals surface area contributed by atoms with Gasteiger partial charge in [-0.15, -0.1) is 0 Å². The van der Waals surface area contributed by atoms with Crippen LogP contribution < -0.4 is 0 Å². The summed E-state index contributed by atoms with van der Waals surface area (Å²) in [5, 5.41) is 9.70. The number of ether oxygens (including phenoxy) is 2. The fourth-order valence-electron chi connectivity index (χ4n) is 3.15. The summed E-state index contributed by atoms with van der Waals surface area (Å²) in [5.41, 5.74) is -0.672. The van der Waals surface area contributed by atoms with Crippen LogP contribution in [-0.2, 0) is 19.5 Å². The molecule has 1 aliphatic rings. The minimum absolute atomic E-state index is 0.218. The number of carbonyl (C=O) groups is 2. The van der Waals surface area contributed by atoms with Gasteiger partial charge in [0.25, 0.3) is 0 Å². The summed E-state index contributed by atoms with van der Waals surface area (Å²) in [5.74, 6) is -1.95. The maximum atomic E-state index is 13.2. The molecule has 2 rings (SSSR count). The average Bonchev–Trinajstić information content (AvgIpc) is 2.70. The number of alkyl halides is 3. The van der Waals surface area contributed by atoms with Crippen LogP contribution in [0, 0.1) is 0 Å². The van der Waals surface area contributed by atoms with Crippen LogP contribution in [0.4, 0.5) is 13.2 Å². The molecule has 8 nitrogen and oxygen atoms in total. The van der Waals surface area contributed by atoms with Crippen molar-refractivity contribution >= 4 is 22.0 Å². The number of esters is 2. The van der Waals surface area contributed by atoms with Gasteiger partial charge in [0.15, 0.2) is 6.10 Å². The van der Waals surface area contributed by atoms with Crippen molar-refractivity contribution in [2.24, 2.45) is 0 Å². The molecule has 1 heterocycles. The number of benzene rings is 1. The van der Waals surface area contributed by atoms with Crippen molar-refractivity contribution in [2.75, 3.05) is 20.8 Å². The van der Waals surface area contributed by atoms with Crippen LogP contribution in [0.15, 0.2) is 23.1 Å². The van der Waals surface area contributed by atoms with Gasteiger partial charge in [-0.2, -0.15) is 17.5 Å². The van der Waals surface area contributed by atoms with E-state index in [1.807, 2.05) is 0 Å².